The number of hydrazine groups is 1. The smallest absolute Gasteiger partial charge is 0.269 e. The lowest BCUT2D eigenvalue weighted by Gasteiger charge is -2.10. The second-order valence-corrected chi connectivity index (χ2v) is 4.08. The van der Waals surface area contributed by atoms with Crippen molar-refractivity contribution in [1.29, 1.82) is 0 Å². The van der Waals surface area contributed by atoms with Gasteiger partial charge in [-0.15, -0.1) is 0 Å². The lowest BCUT2D eigenvalue weighted by molar-refractivity contribution is -0.119. The topological polar surface area (TPSA) is 70.2 Å². The number of carbonyl (C=O) groups excluding carboxylic acids is 2. The molecule has 0 bridgehead atoms. The predicted octanol–water partition coefficient (Wildman–Crippen LogP) is 1.04. The Labute approximate surface area is 111 Å². The highest BCUT2D eigenvalue weighted by molar-refractivity contribution is 7.80. The minimum absolute atomic E-state index is 0.0716. The SMILES string of the molecule is CCC(=O)NC(=S)NNC(=O)c1ccc(C)cc1. The van der Waals surface area contributed by atoms with Crippen LogP contribution in [0.1, 0.15) is 29.3 Å². The van der Waals surface area contributed by atoms with E-state index in [4.69, 9.17) is 12.2 Å². The molecular weight excluding hydrogens is 250 g/mol. The molecule has 1 aromatic carbocycles. The zero-order valence-corrected chi connectivity index (χ0v) is 11.1. The molecule has 0 unspecified atom stereocenters. The summed E-state index contributed by atoms with van der Waals surface area (Å²) < 4.78 is 0. The number of amides is 2. The molecule has 96 valence electrons. The molecule has 0 heterocycles. The summed E-state index contributed by atoms with van der Waals surface area (Å²) in [4.78, 5) is 22.7. The van der Waals surface area contributed by atoms with Gasteiger partial charge in [0.1, 0.15) is 0 Å². The number of carbonyl (C=O) groups is 2. The molecule has 0 saturated carbocycles. The van der Waals surface area contributed by atoms with E-state index < -0.39 is 0 Å². The number of hydrogen-bond acceptors (Lipinski definition) is 3. The quantitative estimate of drug-likeness (QED) is 0.552. The Morgan fingerprint density at radius 3 is 2.33 bits per heavy atom. The van der Waals surface area contributed by atoms with Crippen LogP contribution in [-0.2, 0) is 4.79 Å². The molecule has 0 aromatic heterocycles. The molecule has 18 heavy (non-hydrogen) atoms. The Bertz CT molecular complexity index is 457. The number of nitrogens with one attached hydrogen (secondary N) is 3. The Hall–Kier alpha value is -1.95. The van der Waals surface area contributed by atoms with Gasteiger partial charge in [0.25, 0.3) is 5.91 Å². The first kappa shape index (κ1) is 14.1. The molecule has 5 nitrogen and oxygen atoms in total. The fourth-order valence-corrected chi connectivity index (χ4v) is 1.30. The fourth-order valence-electron chi connectivity index (χ4n) is 1.14. The standard InChI is InChI=1S/C12H15N3O2S/c1-3-10(16)13-12(18)15-14-11(17)9-6-4-8(2)5-7-9/h4-7H,3H2,1-2H3,(H,14,17)(H2,13,15,16,18). The van der Waals surface area contributed by atoms with Crippen molar-refractivity contribution in [1.82, 2.24) is 16.2 Å². The molecule has 1 aromatic rings. The maximum Gasteiger partial charge on any atom is 0.269 e. The zero-order chi connectivity index (χ0) is 13.5. The van der Waals surface area contributed by atoms with E-state index in [1.165, 1.54) is 0 Å². The van der Waals surface area contributed by atoms with Crippen LogP contribution in [0.25, 0.3) is 0 Å². The van der Waals surface area contributed by atoms with Gasteiger partial charge in [0.15, 0.2) is 5.11 Å². The van der Waals surface area contributed by atoms with Crippen molar-refractivity contribution in [3.8, 4) is 0 Å². The number of rotatable bonds is 2. The van der Waals surface area contributed by atoms with E-state index >= 15 is 0 Å². The molecule has 1 rings (SSSR count). The largest absolute Gasteiger partial charge is 0.302 e. The van der Waals surface area contributed by atoms with E-state index in [9.17, 15) is 9.59 Å². The third-order valence-corrected chi connectivity index (χ3v) is 2.38. The van der Waals surface area contributed by atoms with Gasteiger partial charge in [-0.3, -0.25) is 20.4 Å². The average Bonchev–Trinajstić information content (AvgIpc) is 2.36. The van der Waals surface area contributed by atoms with Crippen molar-refractivity contribution in [3.05, 3.63) is 35.4 Å². The lowest BCUT2D eigenvalue weighted by atomic mass is 10.1. The van der Waals surface area contributed by atoms with Gasteiger partial charge in [-0.2, -0.15) is 0 Å². The van der Waals surface area contributed by atoms with E-state index in [-0.39, 0.29) is 16.9 Å². The first-order valence-corrected chi connectivity index (χ1v) is 5.90. The molecule has 0 fully saturated rings. The molecule has 0 aliphatic heterocycles. The maximum atomic E-state index is 11.7. The van der Waals surface area contributed by atoms with Crippen molar-refractivity contribution in [3.63, 3.8) is 0 Å². The van der Waals surface area contributed by atoms with E-state index in [0.717, 1.165) is 5.56 Å². The molecule has 0 aliphatic rings. The van der Waals surface area contributed by atoms with E-state index in [1.807, 2.05) is 19.1 Å². The summed E-state index contributed by atoms with van der Waals surface area (Å²) in [5.41, 5.74) is 6.45. The number of hydrogen-bond donors (Lipinski definition) is 3. The lowest BCUT2D eigenvalue weighted by Crippen LogP contribution is -2.48. The number of benzene rings is 1. The first-order valence-electron chi connectivity index (χ1n) is 5.49. The van der Waals surface area contributed by atoms with E-state index in [2.05, 4.69) is 16.2 Å². The first-order chi connectivity index (χ1) is 8.52. The van der Waals surface area contributed by atoms with Crippen LogP contribution in [0.4, 0.5) is 0 Å². The normalized spacial score (nSPS) is 9.44. The molecule has 3 N–H and O–H groups in total. The summed E-state index contributed by atoms with van der Waals surface area (Å²) in [5, 5.41) is 2.48. The van der Waals surface area contributed by atoms with Gasteiger partial charge in [0, 0.05) is 12.0 Å². The van der Waals surface area contributed by atoms with E-state index in [1.54, 1.807) is 19.1 Å². The summed E-state index contributed by atoms with van der Waals surface area (Å²) in [6, 6.07) is 7.10. The number of thiocarbonyl (C=S) groups is 1. The zero-order valence-electron chi connectivity index (χ0n) is 10.2. The van der Waals surface area contributed by atoms with Gasteiger partial charge in [0.05, 0.1) is 0 Å². The van der Waals surface area contributed by atoms with Crippen LogP contribution >= 0.6 is 12.2 Å². The molecule has 2 amide bonds. The van der Waals surface area contributed by atoms with Crippen LogP contribution < -0.4 is 16.2 Å². The van der Waals surface area contributed by atoms with Crippen molar-refractivity contribution in [2.45, 2.75) is 20.3 Å². The second-order valence-electron chi connectivity index (χ2n) is 3.68. The van der Waals surface area contributed by atoms with Crippen molar-refractivity contribution < 1.29 is 9.59 Å². The van der Waals surface area contributed by atoms with Crippen LogP contribution in [0.15, 0.2) is 24.3 Å². The van der Waals surface area contributed by atoms with Crippen LogP contribution in [0.5, 0.6) is 0 Å². The minimum atomic E-state index is -0.317. The molecule has 0 spiro atoms. The van der Waals surface area contributed by atoms with Crippen LogP contribution in [0.3, 0.4) is 0 Å². The van der Waals surface area contributed by atoms with Gasteiger partial charge in [-0.1, -0.05) is 24.6 Å². The van der Waals surface area contributed by atoms with Crippen LogP contribution in [-0.4, -0.2) is 16.9 Å². The highest BCUT2D eigenvalue weighted by Gasteiger charge is 2.06. The monoisotopic (exact) mass is 265 g/mol. The Balaban J connectivity index is 2.44. The molecule has 0 saturated heterocycles. The Kier molecular flexibility index (Phi) is 5.26. The second kappa shape index (κ2) is 6.70. The molecular formula is C12H15N3O2S. The maximum absolute atomic E-state index is 11.7. The number of aryl methyl sites for hydroxylation is 1. The van der Waals surface area contributed by atoms with Gasteiger partial charge >= 0.3 is 0 Å². The van der Waals surface area contributed by atoms with Gasteiger partial charge in [-0.25, -0.2) is 0 Å². The Morgan fingerprint density at radius 2 is 1.78 bits per heavy atom. The Morgan fingerprint density at radius 1 is 1.17 bits per heavy atom. The van der Waals surface area contributed by atoms with Gasteiger partial charge in [-0.05, 0) is 31.3 Å². The van der Waals surface area contributed by atoms with Gasteiger partial charge < -0.3 is 5.32 Å². The summed E-state index contributed by atoms with van der Waals surface area (Å²) in [5.74, 6) is -0.528. The summed E-state index contributed by atoms with van der Waals surface area (Å²) in [7, 11) is 0. The molecule has 0 aliphatic carbocycles. The molecule has 6 heteroatoms. The van der Waals surface area contributed by atoms with Crippen molar-refractivity contribution >= 4 is 29.1 Å². The van der Waals surface area contributed by atoms with Crippen LogP contribution in [0, 0.1) is 6.92 Å². The van der Waals surface area contributed by atoms with Crippen LogP contribution in [0.2, 0.25) is 0 Å². The fraction of sp³-hybridized carbons (Fsp3) is 0.250. The predicted molar refractivity (Wildman–Crippen MR) is 72.8 cm³/mol. The minimum Gasteiger partial charge on any atom is -0.302 e. The molecule has 0 atom stereocenters. The van der Waals surface area contributed by atoms with Crippen molar-refractivity contribution in [2.24, 2.45) is 0 Å². The third-order valence-electron chi connectivity index (χ3n) is 2.18. The molecule has 0 radical (unpaired) electrons. The van der Waals surface area contributed by atoms with Gasteiger partial charge in [0.2, 0.25) is 5.91 Å². The summed E-state index contributed by atoms with van der Waals surface area (Å²) in [6.07, 6.45) is 0.327. The highest BCUT2D eigenvalue weighted by Crippen LogP contribution is 2.02. The summed E-state index contributed by atoms with van der Waals surface area (Å²) in [6.45, 7) is 3.65. The van der Waals surface area contributed by atoms with E-state index in [0.29, 0.717) is 12.0 Å². The third kappa shape index (κ3) is 4.50. The highest BCUT2D eigenvalue weighted by atomic mass is 32.1. The average molecular weight is 265 g/mol. The van der Waals surface area contributed by atoms with Crippen molar-refractivity contribution in [2.75, 3.05) is 0 Å². The summed E-state index contributed by atoms with van der Waals surface area (Å²) >= 11 is 4.83.